The maximum absolute atomic E-state index is 12.4. The second-order valence-corrected chi connectivity index (χ2v) is 8.34. The molecule has 0 aliphatic carbocycles. The van der Waals surface area contributed by atoms with Crippen LogP contribution in [0.3, 0.4) is 0 Å². The van der Waals surface area contributed by atoms with Crippen molar-refractivity contribution in [2.75, 3.05) is 46.1 Å². The Morgan fingerprint density at radius 2 is 1.83 bits per heavy atom. The van der Waals surface area contributed by atoms with Gasteiger partial charge in [-0.15, -0.1) is 0 Å². The molecule has 7 nitrogen and oxygen atoms in total. The van der Waals surface area contributed by atoms with Gasteiger partial charge in [-0.05, 0) is 37.5 Å². The average Bonchev–Trinajstić information content (AvgIpc) is 3.20. The lowest BCUT2D eigenvalue weighted by molar-refractivity contribution is -0.135. The molecule has 7 heteroatoms. The molecule has 4 rings (SSSR count). The van der Waals surface area contributed by atoms with E-state index in [9.17, 15) is 9.59 Å². The average molecular weight is 402 g/mol. The minimum atomic E-state index is 0.0884. The molecule has 0 bridgehead atoms. The Hall–Kier alpha value is -2.12. The highest BCUT2D eigenvalue weighted by molar-refractivity contribution is 5.83. The van der Waals surface area contributed by atoms with Gasteiger partial charge in [0.1, 0.15) is 5.78 Å². The van der Waals surface area contributed by atoms with Crippen molar-refractivity contribution in [3.05, 3.63) is 23.8 Å². The standard InChI is InChI=1S/C22H31N3O4/c1-17(26)4-7-22(27)25-8-2-3-19(15-25)24-11-9-23(10-12-24)14-18-5-6-20-21(13-18)29-16-28-20/h5-6,13,19H,2-4,7-12,14-16H2,1H3/t19-/m0/s1. The second-order valence-electron chi connectivity index (χ2n) is 8.34. The van der Waals surface area contributed by atoms with Crippen LogP contribution in [0.15, 0.2) is 18.2 Å². The first-order valence-corrected chi connectivity index (χ1v) is 10.7. The molecular weight excluding hydrogens is 370 g/mol. The number of ketones is 1. The predicted octanol–water partition coefficient (Wildman–Crippen LogP) is 1.89. The van der Waals surface area contributed by atoms with Crippen LogP contribution in [0.25, 0.3) is 0 Å². The number of ether oxygens (including phenoxy) is 2. The van der Waals surface area contributed by atoms with Crippen LogP contribution < -0.4 is 9.47 Å². The Morgan fingerprint density at radius 1 is 1.03 bits per heavy atom. The Kier molecular flexibility index (Phi) is 6.35. The Balaban J connectivity index is 1.24. The number of fused-ring (bicyclic) bond motifs is 1. The molecule has 1 amide bonds. The molecule has 0 unspecified atom stereocenters. The summed E-state index contributed by atoms with van der Waals surface area (Å²) in [7, 11) is 0. The fraction of sp³-hybridized carbons (Fsp3) is 0.636. The maximum Gasteiger partial charge on any atom is 0.231 e. The Labute approximate surface area is 172 Å². The van der Waals surface area contributed by atoms with Crippen LogP contribution in [0.2, 0.25) is 0 Å². The molecule has 0 spiro atoms. The third-order valence-corrected chi connectivity index (χ3v) is 6.21. The van der Waals surface area contributed by atoms with Gasteiger partial charge in [-0.25, -0.2) is 0 Å². The fourth-order valence-corrected chi connectivity index (χ4v) is 4.50. The number of hydrogen-bond donors (Lipinski definition) is 0. The molecule has 0 N–H and O–H groups in total. The highest BCUT2D eigenvalue weighted by atomic mass is 16.7. The molecule has 0 radical (unpaired) electrons. The summed E-state index contributed by atoms with van der Waals surface area (Å²) >= 11 is 0. The van der Waals surface area contributed by atoms with Gasteiger partial charge < -0.3 is 19.2 Å². The molecule has 29 heavy (non-hydrogen) atoms. The summed E-state index contributed by atoms with van der Waals surface area (Å²) in [5, 5.41) is 0. The van der Waals surface area contributed by atoms with Crippen molar-refractivity contribution in [2.24, 2.45) is 0 Å². The zero-order valence-electron chi connectivity index (χ0n) is 17.3. The minimum absolute atomic E-state index is 0.0884. The van der Waals surface area contributed by atoms with Crippen LogP contribution in [0.4, 0.5) is 0 Å². The molecule has 2 saturated heterocycles. The van der Waals surface area contributed by atoms with E-state index in [0.29, 0.717) is 25.7 Å². The number of rotatable bonds is 6. The van der Waals surface area contributed by atoms with Crippen LogP contribution in [0.1, 0.15) is 38.2 Å². The highest BCUT2D eigenvalue weighted by Gasteiger charge is 2.30. The predicted molar refractivity (Wildman–Crippen MR) is 109 cm³/mol. The Morgan fingerprint density at radius 3 is 2.62 bits per heavy atom. The van der Waals surface area contributed by atoms with Crippen LogP contribution in [-0.2, 0) is 16.1 Å². The van der Waals surface area contributed by atoms with Gasteiger partial charge in [-0.1, -0.05) is 6.07 Å². The molecule has 158 valence electrons. The molecule has 3 aliphatic rings. The van der Waals surface area contributed by atoms with Gasteiger partial charge in [0, 0.05) is 64.7 Å². The van der Waals surface area contributed by atoms with Crippen LogP contribution in [-0.4, -0.2) is 78.5 Å². The number of nitrogens with zero attached hydrogens (tertiary/aromatic N) is 3. The number of Topliss-reactive ketones (excluding diaryl/α,β-unsaturated/α-hetero) is 1. The van der Waals surface area contributed by atoms with Gasteiger partial charge in [-0.3, -0.25) is 14.6 Å². The number of likely N-dealkylation sites (tertiary alicyclic amines) is 1. The van der Waals surface area contributed by atoms with E-state index in [1.165, 1.54) is 5.56 Å². The summed E-state index contributed by atoms with van der Waals surface area (Å²) in [6.07, 6.45) is 2.91. The lowest BCUT2D eigenvalue weighted by atomic mass is 10.0. The lowest BCUT2D eigenvalue weighted by Crippen LogP contribution is -2.55. The first kappa shape index (κ1) is 20.2. The van der Waals surface area contributed by atoms with E-state index >= 15 is 0 Å². The SMILES string of the molecule is CC(=O)CCC(=O)N1CCC[C@H](N2CCN(Cc3ccc4c(c3)OCO4)CC2)C1. The van der Waals surface area contributed by atoms with E-state index < -0.39 is 0 Å². The van der Waals surface area contributed by atoms with Crippen molar-refractivity contribution in [3.8, 4) is 11.5 Å². The van der Waals surface area contributed by atoms with Crippen LogP contribution >= 0.6 is 0 Å². The molecule has 2 fully saturated rings. The van der Waals surface area contributed by atoms with E-state index in [1.54, 1.807) is 6.92 Å². The summed E-state index contributed by atoms with van der Waals surface area (Å²) in [6, 6.07) is 6.64. The number of amides is 1. The summed E-state index contributed by atoms with van der Waals surface area (Å²) in [5.41, 5.74) is 1.25. The van der Waals surface area contributed by atoms with Crippen molar-refractivity contribution in [3.63, 3.8) is 0 Å². The van der Waals surface area contributed by atoms with Crippen molar-refractivity contribution < 1.29 is 19.1 Å². The van der Waals surface area contributed by atoms with E-state index in [4.69, 9.17) is 9.47 Å². The summed E-state index contributed by atoms with van der Waals surface area (Å²) in [6.45, 7) is 8.55. The number of benzene rings is 1. The third-order valence-electron chi connectivity index (χ3n) is 6.21. The Bertz CT molecular complexity index is 746. The first-order chi connectivity index (χ1) is 14.1. The number of carbonyl (C=O) groups excluding carboxylic acids is 2. The number of hydrogen-bond acceptors (Lipinski definition) is 6. The highest BCUT2D eigenvalue weighted by Crippen LogP contribution is 2.33. The summed E-state index contributed by atoms with van der Waals surface area (Å²) < 4.78 is 10.9. The van der Waals surface area contributed by atoms with E-state index in [1.807, 2.05) is 11.0 Å². The van der Waals surface area contributed by atoms with Crippen molar-refractivity contribution in [1.82, 2.24) is 14.7 Å². The monoisotopic (exact) mass is 401 g/mol. The third kappa shape index (κ3) is 5.08. The van der Waals surface area contributed by atoms with Gasteiger partial charge in [-0.2, -0.15) is 0 Å². The van der Waals surface area contributed by atoms with Crippen molar-refractivity contribution in [2.45, 2.75) is 45.2 Å². The van der Waals surface area contributed by atoms with E-state index in [-0.39, 0.29) is 11.7 Å². The number of piperazine rings is 1. The van der Waals surface area contributed by atoms with Gasteiger partial charge >= 0.3 is 0 Å². The molecule has 3 heterocycles. The van der Waals surface area contributed by atoms with Gasteiger partial charge in [0.2, 0.25) is 12.7 Å². The normalized spacial score (nSPS) is 22.7. The van der Waals surface area contributed by atoms with Crippen LogP contribution in [0.5, 0.6) is 11.5 Å². The quantitative estimate of drug-likeness (QED) is 0.726. The van der Waals surface area contributed by atoms with E-state index in [0.717, 1.165) is 70.2 Å². The number of piperidine rings is 1. The maximum atomic E-state index is 12.4. The summed E-state index contributed by atoms with van der Waals surface area (Å²) in [5.74, 6) is 1.90. The molecule has 3 aliphatic heterocycles. The molecule has 1 atom stereocenters. The summed E-state index contributed by atoms with van der Waals surface area (Å²) in [4.78, 5) is 30.5. The lowest BCUT2D eigenvalue weighted by Gasteiger charge is -2.43. The molecule has 0 aromatic heterocycles. The second kappa shape index (κ2) is 9.13. The number of carbonyl (C=O) groups is 2. The smallest absolute Gasteiger partial charge is 0.231 e. The zero-order chi connectivity index (χ0) is 20.2. The van der Waals surface area contributed by atoms with Crippen molar-refractivity contribution in [1.29, 1.82) is 0 Å². The molecular formula is C22H31N3O4. The minimum Gasteiger partial charge on any atom is -0.454 e. The van der Waals surface area contributed by atoms with Gasteiger partial charge in [0.15, 0.2) is 11.5 Å². The zero-order valence-corrected chi connectivity index (χ0v) is 17.3. The topological polar surface area (TPSA) is 62.3 Å². The fourth-order valence-electron chi connectivity index (χ4n) is 4.50. The molecule has 1 aromatic rings. The van der Waals surface area contributed by atoms with Crippen molar-refractivity contribution >= 4 is 11.7 Å². The first-order valence-electron chi connectivity index (χ1n) is 10.7. The largest absolute Gasteiger partial charge is 0.454 e. The van der Waals surface area contributed by atoms with Gasteiger partial charge in [0.25, 0.3) is 0 Å². The molecule has 1 aromatic carbocycles. The van der Waals surface area contributed by atoms with E-state index in [2.05, 4.69) is 21.9 Å². The molecule has 0 saturated carbocycles. The van der Waals surface area contributed by atoms with Crippen LogP contribution in [0, 0.1) is 0 Å². The van der Waals surface area contributed by atoms with Gasteiger partial charge in [0.05, 0.1) is 0 Å².